The zero-order chi connectivity index (χ0) is 4.41. The summed E-state index contributed by atoms with van der Waals surface area (Å²) in [5.74, 6) is 0. The molecule has 1 aromatic rings. The van der Waals surface area contributed by atoms with Crippen molar-refractivity contribution >= 4 is 0 Å². The minimum absolute atomic E-state index is 0. The van der Waals surface area contributed by atoms with Gasteiger partial charge >= 0.3 is 0 Å². The van der Waals surface area contributed by atoms with Crippen molar-refractivity contribution in [3.8, 4) is 0 Å². The molecule has 7 heavy (non-hydrogen) atoms. The Morgan fingerprint density at radius 1 is 1.71 bits per heavy atom. The molecule has 0 atom stereocenters. The van der Waals surface area contributed by atoms with E-state index in [2.05, 4.69) is 15.4 Å². The molecule has 3 nitrogen and oxygen atoms in total. The molecule has 0 spiro atoms. The van der Waals surface area contributed by atoms with Gasteiger partial charge in [0.05, 0.1) is 0 Å². The van der Waals surface area contributed by atoms with Crippen LogP contribution in [0.15, 0.2) is 6.20 Å². The molecule has 0 bridgehead atoms. The SMILES string of the molecule is Cc1cn[n-]n1.[Re]. The van der Waals surface area contributed by atoms with E-state index in [1.54, 1.807) is 6.20 Å². The molecular weight excluding hydrogens is 264 g/mol. The largest absolute Gasteiger partial charge is 0.493 e. The third kappa shape index (κ3) is 1.81. The number of aromatic nitrogens is 3. The number of hydrogen-bond acceptors (Lipinski definition) is 2. The molecule has 0 aliphatic carbocycles. The zero-order valence-electron chi connectivity index (χ0n) is 3.80. The summed E-state index contributed by atoms with van der Waals surface area (Å²) in [7, 11) is 0. The Labute approximate surface area is 55.2 Å². The molecule has 1 rings (SSSR count). The molecule has 0 N–H and O–H groups in total. The second kappa shape index (κ2) is 2.89. The number of aryl methyl sites for hydroxylation is 1. The number of rotatable bonds is 0. The van der Waals surface area contributed by atoms with Crippen LogP contribution in [0.5, 0.6) is 0 Å². The van der Waals surface area contributed by atoms with E-state index in [9.17, 15) is 0 Å². The molecule has 0 saturated carbocycles. The van der Waals surface area contributed by atoms with Crippen LogP contribution in [0.4, 0.5) is 0 Å². The molecule has 0 aliphatic heterocycles. The predicted octanol–water partition coefficient (Wildman–Crippen LogP) is -0.260. The molecule has 1 radical (unpaired) electrons. The van der Waals surface area contributed by atoms with Crippen molar-refractivity contribution in [3.63, 3.8) is 0 Å². The van der Waals surface area contributed by atoms with Gasteiger partial charge in [-0.1, -0.05) is 0 Å². The predicted molar refractivity (Wildman–Crippen MR) is 20.1 cm³/mol. The van der Waals surface area contributed by atoms with Crippen molar-refractivity contribution in [2.45, 2.75) is 6.92 Å². The quantitative estimate of drug-likeness (QED) is 0.651. The third-order valence-electron chi connectivity index (χ3n) is 0.499. The first-order valence-electron chi connectivity index (χ1n) is 1.67. The fourth-order valence-corrected chi connectivity index (χ4v) is 0.232. The Hall–Kier alpha value is -0.198. The third-order valence-corrected chi connectivity index (χ3v) is 0.499. The molecule has 0 unspecified atom stereocenters. The fourth-order valence-electron chi connectivity index (χ4n) is 0.232. The van der Waals surface area contributed by atoms with Crippen LogP contribution in [-0.2, 0) is 20.4 Å². The first-order chi connectivity index (χ1) is 2.89. The van der Waals surface area contributed by atoms with Crippen molar-refractivity contribution in [2.24, 2.45) is 0 Å². The maximum absolute atomic E-state index is 3.56. The molecule has 4 heteroatoms. The van der Waals surface area contributed by atoms with Gasteiger partial charge in [-0.05, 0) is 6.92 Å². The summed E-state index contributed by atoms with van der Waals surface area (Å²) < 4.78 is 0. The van der Waals surface area contributed by atoms with Crippen molar-refractivity contribution in [2.75, 3.05) is 0 Å². The Balaban J connectivity index is 0.000000360. The van der Waals surface area contributed by atoms with E-state index >= 15 is 0 Å². The van der Waals surface area contributed by atoms with Gasteiger partial charge in [-0.2, -0.15) is 0 Å². The van der Waals surface area contributed by atoms with Crippen LogP contribution in [0.2, 0.25) is 0 Å². The molecule has 39 valence electrons. The van der Waals surface area contributed by atoms with Gasteiger partial charge in [0.1, 0.15) is 0 Å². The zero-order valence-corrected chi connectivity index (χ0v) is 6.51. The van der Waals surface area contributed by atoms with Gasteiger partial charge in [-0.25, -0.2) is 0 Å². The smallest absolute Gasteiger partial charge is 0.0324 e. The molecule has 1 heterocycles. The molecular formula is C3H4N3Re-. The van der Waals surface area contributed by atoms with Gasteiger partial charge in [0.15, 0.2) is 0 Å². The summed E-state index contributed by atoms with van der Waals surface area (Å²) in [5, 5.41) is 10.3. The summed E-state index contributed by atoms with van der Waals surface area (Å²) in [6.45, 7) is 1.85. The first kappa shape index (κ1) is 6.80. The summed E-state index contributed by atoms with van der Waals surface area (Å²) in [6.07, 6.45) is 1.61. The monoisotopic (exact) mass is 269 g/mol. The average molecular weight is 268 g/mol. The van der Waals surface area contributed by atoms with Crippen LogP contribution in [0, 0.1) is 6.92 Å². The number of nitrogens with zero attached hydrogens (tertiary/aromatic N) is 3. The van der Waals surface area contributed by atoms with Gasteiger partial charge in [-0.3, -0.25) is 0 Å². The van der Waals surface area contributed by atoms with Gasteiger partial charge in [-0.15, -0.1) is 0 Å². The minimum atomic E-state index is 0. The maximum atomic E-state index is 3.56. The van der Waals surface area contributed by atoms with Crippen LogP contribution in [0.25, 0.3) is 0 Å². The van der Waals surface area contributed by atoms with E-state index in [1.807, 2.05) is 6.92 Å². The molecule has 1 aromatic heterocycles. The standard InChI is InChI=1S/C3H4N3.Re/c1-3-2-4-6-5-3;/h2H,1H3;/q-1;. The Kier molecular flexibility index (Phi) is 2.81. The molecule has 0 fully saturated rings. The Morgan fingerprint density at radius 2 is 2.43 bits per heavy atom. The van der Waals surface area contributed by atoms with Crippen LogP contribution >= 0.6 is 0 Å². The van der Waals surface area contributed by atoms with E-state index in [0.29, 0.717) is 0 Å². The van der Waals surface area contributed by atoms with Crippen LogP contribution in [0.1, 0.15) is 5.69 Å². The van der Waals surface area contributed by atoms with Gasteiger partial charge in [0.2, 0.25) is 0 Å². The summed E-state index contributed by atoms with van der Waals surface area (Å²) in [5.41, 5.74) is 0.870. The van der Waals surface area contributed by atoms with E-state index in [4.69, 9.17) is 0 Å². The topological polar surface area (TPSA) is 39.9 Å². The summed E-state index contributed by atoms with van der Waals surface area (Å²) in [4.78, 5) is 0. The fraction of sp³-hybridized carbons (Fsp3) is 0.333. The minimum Gasteiger partial charge on any atom is -0.493 e. The van der Waals surface area contributed by atoms with Crippen LogP contribution in [0.3, 0.4) is 0 Å². The molecule has 0 saturated heterocycles. The van der Waals surface area contributed by atoms with Crippen LogP contribution < -0.4 is 5.21 Å². The van der Waals surface area contributed by atoms with Crippen molar-refractivity contribution in [1.29, 1.82) is 0 Å². The Morgan fingerprint density at radius 3 is 2.57 bits per heavy atom. The van der Waals surface area contributed by atoms with Gasteiger partial charge in [0, 0.05) is 32.3 Å². The van der Waals surface area contributed by atoms with Crippen molar-refractivity contribution in [1.82, 2.24) is 15.4 Å². The maximum Gasteiger partial charge on any atom is 0.0324 e. The Bertz CT molecular complexity index is 114. The van der Waals surface area contributed by atoms with E-state index in [-0.39, 0.29) is 20.4 Å². The van der Waals surface area contributed by atoms with Crippen molar-refractivity contribution in [3.05, 3.63) is 11.9 Å². The number of hydrogen-bond donors (Lipinski definition) is 0. The average Bonchev–Trinajstić information content (AvgIpc) is 1.86. The van der Waals surface area contributed by atoms with Crippen molar-refractivity contribution < 1.29 is 20.4 Å². The van der Waals surface area contributed by atoms with E-state index in [0.717, 1.165) is 5.69 Å². The second-order valence-corrected chi connectivity index (χ2v) is 1.08. The summed E-state index contributed by atoms with van der Waals surface area (Å²) in [6, 6.07) is 0. The molecule has 0 aliphatic rings. The second-order valence-electron chi connectivity index (χ2n) is 1.08. The van der Waals surface area contributed by atoms with Gasteiger partial charge < -0.3 is 15.4 Å². The van der Waals surface area contributed by atoms with E-state index in [1.165, 1.54) is 0 Å². The summed E-state index contributed by atoms with van der Waals surface area (Å²) >= 11 is 0. The molecule has 0 amide bonds. The first-order valence-corrected chi connectivity index (χ1v) is 1.67. The van der Waals surface area contributed by atoms with Gasteiger partial charge in [0.25, 0.3) is 0 Å². The normalized spacial score (nSPS) is 7.57. The van der Waals surface area contributed by atoms with E-state index < -0.39 is 0 Å². The molecule has 0 aromatic carbocycles. The van der Waals surface area contributed by atoms with Crippen LogP contribution in [-0.4, -0.2) is 10.2 Å².